The monoisotopic (exact) mass is 343 g/mol. The van der Waals surface area contributed by atoms with Crippen LogP contribution in [0.15, 0.2) is 53.6 Å². The Balaban J connectivity index is 2.17. The highest BCUT2D eigenvalue weighted by Crippen LogP contribution is 2.26. The van der Waals surface area contributed by atoms with Crippen LogP contribution in [-0.4, -0.2) is 17.9 Å². The molecule has 0 aliphatic carbocycles. The van der Waals surface area contributed by atoms with Crippen molar-refractivity contribution in [3.8, 4) is 11.5 Å². The first-order valence-electron chi connectivity index (χ1n) is 7.61. The van der Waals surface area contributed by atoms with Gasteiger partial charge in [0.2, 0.25) is 0 Å². The molecule has 126 valence electrons. The van der Waals surface area contributed by atoms with Crippen LogP contribution in [0, 0.1) is 0 Å². The number of nitrogens with one attached hydrogen (secondary N) is 1. The van der Waals surface area contributed by atoms with Crippen LogP contribution in [0.2, 0.25) is 0 Å². The molecule has 5 nitrogen and oxygen atoms in total. The second-order valence-corrected chi connectivity index (χ2v) is 5.46. The highest BCUT2D eigenvalue weighted by atomic mass is 32.1. The Morgan fingerprint density at radius 1 is 1.21 bits per heavy atom. The van der Waals surface area contributed by atoms with Crippen LogP contribution in [0.5, 0.6) is 11.5 Å². The van der Waals surface area contributed by atoms with Gasteiger partial charge in [0.05, 0.1) is 12.8 Å². The number of methoxy groups -OCH3 is 1. The van der Waals surface area contributed by atoms with Crippen LogP contribution in [0.25, 0.3) is 0 Å². The van der Waals surface area contributed by atoms with Crippen LogP contribution < -0.4 is 20.6 Å². The Kier molecular flexibility index (Phi) is 6.57. The molecule has 0 atom stereocenters. The van der Waals surface area contributed by atoms with Gasteiger partial charge in [-0.3, -0.25) is 5.43 Å². The summed E-state index contributed by atoms with van der Waals surface area (Å²) in [6, 6.07) is 15.7. The van der Waals surface area contributed by atoms with Crippen LogP contribution in [0.3, 0.4) is 0 Å². The van der Waals surface area contributed by atoms with E-state index in [1.165, 1.54) is 0 Å². The SMILES string of the molecule is CC/C(=N\NC(N)=S)c1ccc(OCc2ccccc2)cc1OC. The van der Waals surface area contributed by atoms with Crippen molar-refractivity contribution in [3.63, 3.8) is 0 Å². The standard InChI is InChI=1S/C18H21N3O2S/c1-3-16(20-21-18(19)24)15-10-9-14(11-17(15)22-2)23-12-13-7-5-4-6-8-13/h4-11H,3,12H2,1-2H3,(H3,19,21,24)/b20-16+. The molecule has 0 spiro atoms. The average molecular weight is 343 g/mol. The first-order valence-corrected chi connectivity index (χ1v) is 8.02. The van der Waals surface area contributed by atoms with Crippen molar-refractivity contribution >= 4 is 23.0 Å². The minimum atomic E-state index is 0.128. The van der Waals surface area contributed by atoms with Crippen molar-refractivity contribution < 1.29 is 9.47 Å². The maximum absolute atomic E-state index is 5.82. The normalized spacial score (nSPS) is 11.0. The van der Waals surface area contributed by atoms with Gasteiger partial charge in [-0.15, -0.1) is 0 Å². The van der Waals surface area contributed by atoms with E-state index in [9.17, 15) is 0 Å². The van der Waals surface area contributed by atoms with Crippen LogP contribution >= 0.6 is 12.2 Å². The van der Waals surface area contributed by atoms with Gasteiger partial charge in [0.25, 0.3) is 0 Å². The predicted octanol–water partition coefficient (Wildman–Crippen LogP) is 3.22. The van der Waals surface area contributed by atoms with E-state index in [2.05, 4.69) is 10.5 Å². The van der Waals surface area contributed by atoms with Crippen molar-refractivity contribution in [2.24, 2.45) is 10.8 Å². The number of nitrogens with zero attached hydrogens (tertiary/aromatic N) is 1. The molecule has 0 radical (unpaired) electrons. The molecule has 2 rings (SSSR count). The zero-order valence-electron chi connectivity index (χ0n) is 13.8. The summed E-state index contributed by atoms with van der Waals surface area (Å²) in [6.45, 7) is 2.50. The van der Waals surface area contributed by atoms with Crippen LogP contribution in [0.1, 0.15) is 24.5 Å². The van der Waals surface area contributed by atoms with E-state index < -0.39 is 0 Å². The fourth-order valence-electron chi connectivity index (χ4n) is 2.19. The molecule has 0 saturated heterocycles. The largest absolute Gasteiger partial charge is 0.496 e. The highest BCUT2D eigenvalue weighted by molar-refractivity contribution is 7.80. The third kappa shape index (κ3) is 4.96. The maximum atomic E-state index is 5.82. The topological polar surface area (TPSA) is 68.9 Å². The summed E-state index contributed by atoms with van der Waals surface area (Å²) in [7, 11) is 1.62. The van der Waals surface area contributed by atoms with Gasteiger partial charge in [-0.1, -0.05) is 37.3 Å². The molecule has 3 N–H and O–H groups in total. The summed E-state index contributed by atoms with van der Waals surface area (Å²) >= 11 is 4.78. The Morgan fingerprint density at radius 3 is 2.58 bits per heavy atom. The maximum Gasteiger partial charge on any atom is 0.184 e. The molecule has 0 unspecified atom stereocenters. The lowest BCUT2D eigenvalue weighted by atomic mass is 10.1. The van der Waals surface area contributed by atoms with E-state index in [1.807, 2.05) is 55.5 Å². The molecular formula is C18H21N3O2S. The molecule has 0 aliphatic heterocycles. The minimum absolute atomic E-state index is 0.128. The van der Waals surface area contributed by atoms with E-state index in [-0.39, 0.29) is 5.11 Å². The number of benzene rings is 2. The first kappa shape index (κ1) is 17.7. The molecule has 0 bridgehead atoms. The Labute approximate surface area is 147 Å². The number of hydrogen-bond donors (Lipinski definition) is 2. The number of nitrogens with two attached hydrogens (primary N) is 1. The molecule has 24 heavy (non-hydrogen) atoms. The summed E-state index contributed by atoms with van der Waals surface area (Å²) in [5.41, 5.74) is 10.8. The Bertz CT molecular complexity index is 717. The number of rotatable bonds is 7. The summed E-state index contributed by atoms with van der Waals surface area (Å²) < 4.78 is 11.3. The number of hydrazone groups is 1. The molecular weight excluding hydrogens is 322 g/mol. The van der Waals surface area contributed by atoms with Crippen molar-refractivity contribution in [3.05, 3.63) is 59.7 Å². The van der Waals surface area contributed by atoms with Gasteiger partial charge in [0, 0.05) is 11.6 Å². The van der Waals surface area contributed by atoms with Crippen LogP contribution in [0.4, 0.5) is 0 Å². The molecule has 0 aromatic heterocycles. The van der Waals surface area contributed by atoms with Gasteiger partial charge in [0.15, 0.2) is 5.11 Å². The highest BCUT2D eigenvalue weighted by Gasteiger charge is 2.11. The smallest absolute Gasteiger partial charge is 0.184 e. The molecule has 0 saturated carbocycles. The Hall–Kier alpha value is -2.60. The number of hydrogen-bond acceptors (Lipinski definition) is 4. The molecule has 6 heteroatoms. The van der Waals surface area contributed by atoms with Crippen molar-refractivity contribution in [1.29, 1.82) is 0 Å². The van der Waals surface area contributed by atoms with E-state index >= 15 is 0 Å². The molecule has 2 aromatic carbocycles. The predicted molar refractivity (Wildman–Crippen MR) is 101 cm³/mol. The van der Waals surface area contributed by atoms with Gasteiger partial charge < -0.3 is 15.2 Å². The van der Waals surface area contributed by atoms with Crippen molar-refractivity contribution in [2.75, 3.05) is 7.11 Å². The van der Waals surface area contributed by atoms with Gasteiger partial charge in [-0.25, -0.2) is 0 Å². The fourth-order valence-corrected chi connectivity index (χ4v) is 2.24. The quantitative estimate of drug-likeness (QED) is 0.459. The lowest BCUT2D eigenvalue weighted by Crippen LogP contribution is -2.25. The summed E-state index contributed by atoms with van der Waals surface area (Å²) in [6.07, 6.45) is 0.705. The Morgan fingerprint density at radius 2 is 1.96 bits per heavy atom. The van der Waals surface area contributed by atoms with Gasteiger partial charge in [-0.2, -0.15) is 5.10 Å². The molecule has 2 aromatic rings. The molecule has 0 fully saturated rings. The van der Waals surface area contributed by atoms with Gasteiger partial charge in [-0.05, 0) is 36.3 Å². The lowest BCUT2D eigenvalue weighted by molar-refractivity contribution is 0.303. The summed E-state index contributed by atoms with van der Waals surface area (Å²) in [5.74, 6) is 1.42. The number of ether oxygens (including phenoxy) is 2. The number of thiocarbonyl (C=S) groups is 1. The van der Waals surface area contributed by atoms with E-state index in [1.54, 1.807) is 7.11 Å². The fraction of sp³-hybridized carbons (Fsp3) is 0.222. The molecule has 0 heterocycles. The lowest BCUT2D eigenvalue weighted by Gasteiger charge is -2.13. The molecule has 0 aliphatic rings. The van der Waals surface area contributed by atoms with Crippen molar-refractivity contribution in [2.45, 2.75) is 20.0 Å². The van der Waals surface area contributed by atoms with Gasteiger partial charge in [0.1, 0.15) is 18.1 Å². The molecule has 0 amide bonds. The third-order valence-corrected chi connectivity index (χ3v) is 3.46. The van der Waals surface area contributed by atoms with Crippen LogP contribution in [-0.2, 0) is 6.61 Å². The van der Waals surface area contributed by atoms with E-state index in [0.29, 0.717) is 18.8 Å². The van der Waals surface area contributed by atoms with E-state index in [0.717, 1.165) is 22.6 Å². The zero-order valence-corrected chi connectivity index (χ0v) is 14.6. The van der Waals surface area contributed by atoms with Gasteiger partial charge >= 0.3 is 0 Å². The zero-order chi connectivity index (χ0) is 17.4. The van der Waals surface area contributed by atoms with Crippen molar-refractivity contribution in [1.82, 2.24) is 5.43 Å². The average Bonchev–Trinajstić information content (AvgIpc) is 2.61. The summed E-state index contributed by atoms with van der Waals surface area (Å²) in [5, 5.41) is 4.35. The minimum Gasteiger partial charge on any atom is -0.496 e. The summed E-state index contributed by atoms with van der Waals surface area (Å²) in [4.78, 5) is 0. The first-order chi connectivity index (χ1) is 11.6. The second-order valence-electron chi connectivity index (χ2n) is 5.02. The second kappa shape index (κ2) is 8.88. The third-order valence-electron chi connectivity index (χ3n) is 3.37. The van der Waals surface area contributed by atoms with E-state index in [4.69, 9.17) is 27.4 Å².